The Labute approximate surface area is 123 Å². The van der Waals surface area contributed by atoms with Gasteiger partial charge in [-0.3, -0.25) is 0 Å². The molecule has 0 unspecified atom stereocenters. The van der Waals surface area contributed by atoms with Gasteiger partial charge in [0.15, 0.2) is 0 Å². The van der Waals surface area contributed by atoms with Crippen LogP contribution in [-0.2, 0) is 13.1 Å². The van der Waals surface area contributed by atoms with Gasteiger partial charge in [-0.25, -0.2) is 9.37 Å². The molecule has 0 saturated carbocycles. The van der Waals surface area contributed by atoms with Gasteiger partial charge in [0.2, 0.25) is 0 Å². The number of benzene rings is 1. The SMILES string of the molecule is CNCc1cc(N(C)Cc2ccccc2F)ncc1Cl. The number of aromatic nitrogens is 1. The van der Waals surface area contributed by atoms with Crippen LogP contribution in [0.1, 0.15) is 11.1 Å². The molecule has 2 aromatic rings. The lowest BCUT2D eigenvalue weighted by molar-refractivity contribution is 0.607. The number of anilines is 1. The summed E-state index contributed by atoms with van der Waals surface area (Å²) in [6.45, 7) is 1.13. The second-order valence-corrected chi connectivity index (χ2v) is 5.02. The van der Waals surface area contributed by atoms with Crippen molar-refractivity contribution in [2.24, 2.45) is 0 Å². The molecule has 1 aromatic heterocycles. The van der Waals surface area contributed by atoms with E-state index >= 15 is 0 Å². The molecule has 0 saturated heterocycles. The maximum absolute atomic E-state index is 13.7. The van der Waals surface area contributed by atoms with Crippen LogP contribution in [0.4, 0.5) is 10.2 Å². The average molecular weight is 294 g/mol. The van der Waals surface area contributed by atoms with Gasteiger partial charge in [0.1, 0.15) is 11.6 Å². The number of nitrogens with one attached hydrogen (secondary N) is 1. The van der Waals surface area contributed by atoms with Crippen molar-refractivity contribution in [1.82, 2.24) is 10.3 Å². The quantitative estimate of drug-likeness (QED) is 0.917. The van der Waals surface area contributed by atoms with Gasteiger partial charge < -0.3 is 10.2 Å². The molecule has 0 fully saturated rings. The average Bonchev–Trinajstić information content (AvgIpc) is 2.44. The van der Waals surface area contributed by atoms with Gasteiger partial charge >= 0.3 is 0 Å². The van der Waals surface area contributed by atoms with E-state index in [0.717, 1.165) is 11.4 Å². The third-order valence-corrected chi connectivity index (χ3v) is 3.38. The predicted octanol–water partition coefficient (Wildman–Crippen LogP) is 3.23. The van der Waals surface area contributed by atoms with E-state index in [0.29, 0.717) is 23.7 Å². The highest BCUT2D eigenvalue weighted by Crippen LogP contribution is 2.21. The van der Waals surface area contributed by atoms with Crippen LogP contribution in [0.5, 0.6) is 0 Å². The summed E-state index contributed by atoms with van der Waals surface area (Å²) in [6, 6.07) is 8.67. The van der Waals surface area contributed by atoms with E-state index in [1.54, 1.807) is 18.3 Å². The first-order valence-electron chi connectivity index (χ1n) is 6.35. The Balaban J connectivity index is 2.19. The monoisotopic (exact) mass is 293 g/mol. The maximum atomic E-state index is 13.7. The minimum Gasteiger partial charge on any atom is -0.355 e. The molecule has 0 aliphatic heterocycles. The summed E-state index contributed by atoms with van der Waals surface area (Å²) in [5.41, 5.74) is 1.61. The van der Waals surface area contributed by atoms with E-state index in [-0.39, 0.29) is 5.82 Å². The third kappa shape index (κ3) is 3.46. The summed E-state index contributed by atoms with van der Waals surface area (Å²) in [4.78, 5) is 6.19. The molecule has 0 aliphatic rings. The number of nitrogens with zero attached hydrogens (tertiary/aromatic N) is 2. The van der Waals surface area contributed by atoms with Crippen molar-refractivity contribution in [2.45, 2.75) is 13.1 Å². The highest BCUT2D eigenvalue weighted by molar-refractivity contribution is 6.31. The molecule has 0 bridgehead atoms. The fraction of sp³-hybridized carbons (Fsp3) is 0.267. The second kappa shape index (κ2) is 6.68. The molecule has 20 heavy (non-hydrogen) atoms. The fourth-order valence-electron chi connectivity index (χ4n) is 1.97. The lowest BCUT2D eigenvalue weighted by atomic mass is 10.2. The van der Waals surface area contributed by atoms with Crippen LogP contribution in [-0.4, -0.2) is 19.1 Å². The van der Waals surface area contributed by atoms with Crippen molar-refractivity contribution < 1.29 is 4.39 Å². The van der Waals surface area contributed by atoms with Crippen molar-refractivity contribution in [3.8, 4) is 0 Å². The van der Waals surface area contributed by atoms with Crippen molar-refractivity contribution in [3.63, 3.8) is 0 Å². The number of hydrogen-bond acceptors (Lipinski definition) is 3. The van der Waals surface area contributed by atoms with Crippen molar-refractivity contribution in [3.05, 3.63) is 58.5 Å². The molecule has 106 valence electrons. The Bertz CT molecular complexity index is 589. The molecule has 0 amide bonds. The van der Waals surface area contributed by atoms with Gasteiger partial charge in [-0.15, -0.1) is 0 Å². The Morgan fingerprint density at radius 2 is 2.05 bits per heavy atom. The molecule has 1 heterocycles. The van der Waals surface area contributed by atoms with Crippen LogP contribution in [0.3, 0.4) is 0 Å². The maximum Gasteiger partial charge on any atom is 0.128 e. The number of rotatable bonds is 5. The van der Waals surface area contributed by atoms with Crippen LogP contribution in [0.2, 0.25) is 5.02 Å². The molecule has 0 aliphatic carbocycles. The fourth-order valence-corrected chi connectivity index (χ4v) is 2.14. The largest absolute Gasteiger partial charge is 0.355 e. The molecule has 1 N–H and O–H groups in total. The summed E-state index contributed by atoms with van der Waals surface area (Å²) in [5, 5.41) is 3.69. The number of pyridine rings is 1. The first-order chi connectivity index (χ1) is 9.61. The minimum absolute atomic E-state index is 0.205. The van der Waals surface area contributed by atoms with Crippen molar-refractivity contribution in [1.29, 1.82) is 0 Å². The lowest BCUT2D eigenvalue weighted by Crippen LogP contribution is -2.19. The van der Waals surface area contributed by atoms with Gasteiger partial charge in [-0.2, -0.15) is 0 Å². The molecule has 0 radical (unpaired) electrons. The first kappa shape index (κ1) is 14.8. The van der Waals surface area contributed by atoms with Crippen LogP contribution in [0, 0.1) is 5.82 Å². The smallest absolute Gasteiger partial charge is 0.128 e. The van der Waals surface area contributed by atoms with Crippen LogP contribution >= 0.6 is 11.6 Å². The Morgan fingerprint density at radius 1 is 1.30 bits per heavy atom. The normalized spacial score (nSPS) is 10.6. The molecular weight excluding hydrogens is 277 g/mol. The lowest BCUT2D eigenvalue weighted by Gasteiger charge is -2.19. The number of halogens is 2. The van der Waals surface area contributed by atoms with Crippen LogP contribution in [0.25, 0.3) is 0 Å². The third-order valence-electron chi connectivity index (χ3n) is 3.04. The topological polar surface area (TPSA) is 28.2 Å². The van der Waals surface area contributed by atoms with Crippen molar-refractivity contribution in [2.75, 3.05) is 19.0 Å². The molecule has 1 aromatic carbocycles. The van der Waals surface area contributed by atoms with E-state index in [1.807, 2.05) is 31.1 Å². The van der Waals surface area contributed by atoms with E-state index in [4.69, 9.17) is 11.6 Å². The first-order valence-corrected chi connectivity index (χ1v) is 6.73. The standard InChI is InChI=1S/C15H17ClFN3/c1-18-8-12-7-15(19-9-13(12)16)20(2)10-11-5-3-4-6-14(11)17/h3-7,9,18H,8,10H2,1-2H3. The van der Waals surface area contributed by atoms with Gasteiger partial charge in [0.25, 0.3) is 0 Å². The summed E-state index contributed by atoms with van der Waals surface area (Å²) in [7, 11) is 3.74. The van der Waals surface area contributed by atoms with Crippen LogP contribution in [0.15, 0.2) is 36.5 Å². The van der Waals surface area contributed by atoms with Gasteiger partial charge in [-0.1, -0.05) is 29.8 Å². The zero-order valence-corrected chi connectivity index (χ0v) is 12.3. The van der Waals surface area contributed by atoms with E-state index < -0.39 is 0 Å². The van der Waals surface area contributed by atoms with Crippen LogP contribution < -0.4 is 10.2 Å². The zero-order chi connectivity index (χ0) is 14.5. The predicted molar refractivity (Wildman–Crippen MR) is 80.5 cm³/mol. The van der Waals surface area contributed by atoms with Gasteiger partial charge in [0, 0.05) is 31.9 Å². The molecular formula is C15H17ClFN3. The molecule has 3 nitrogen and oxygen atoms in total. The summed E-state index contributed by atoms with van der Waals surface area (Å²) in [6.07, 6.45) is 1.63. The second-order valence-electron chi connectivity index (χ2n) is 4.61. The Kier molecular flexibility index (Phi) is 4.93. The zero-order valence-electron chi connectivity index (χ0n) is 11.5. The Morgan fingerprint density at radius 3 is 2.75 bits per heavy atom. The molecule has 0 atom stereocenters. The van der Waals surface area contributed by atoms with Gasteiger partial charge in [-0.05, 0) is 24.7 Å². The molecule has 0 spiro atoms. The van der Waals surface area contributed by atoms with E-state index in [1.165, 1.54) is 6.07 Å². The Hall–Kier alpha value is -1.65. The number of hydrogen-bond donors (Lipinski definition) is 1. The molecule has 2 rings (SSSR count). The van der Waals surface area contributed by atoms with Crippen molar-refractivity contribution >= 4 is 17.4 Å². The van der Waals surface area contributed by atoms with E-state index in [9.17, 15) is 4.39 Å². The highest BCUT2D eigenvalue weighted by atomic mass is 35.5. The summed E-state index contributed by atoms with van der Waals surface area (Å²) in [5.74, 6) is 0.562. The molecule has 5 heteroatoms. The summed E-state index contributed by atoms with van der Waals surface area (Å²) >= 11 is 6.08. The highest BCUT2D eigenvalue weighted by Gasteiger charge is 2.09. The van der Waals surface area contributed by atoms with E-state index in [2.05, 4.69) is 10.3 Å². The summed E-state index contributed by atoms with van der Waals surface area (Å²) < 4.78 is 13.7. The van der Waals surface area contributed by atoms with Gasteiger partial charge in [0.05, 0.1) is 5.02 Å². The minimum atomic E-state index is -0.205.